The molecule has 0 fully saturated rings. The molecule has 1 N–H and O–H groups in total. The largest absolute Gasteiger partial charge is 0.345 e. The number of amides is 1. The Morgan fingerprint density at radius 3 is 2.27 bits per heavy atom. The number of carbonyl (C=O) groups is 1. The van der Waals surface area contributed by atoms with E-state index in [1.807, 2.05) is 54.6 Å². The monoisotopic (exact) mass is 363 g/mol. The third-order valence-corrected chi connectivity index (χ3v) is 4.74. The van der Waals surface area contributed by atoms with Gasteiger partial charge in [0.2, 0.25) is 5.91 Å². The number of hydrogen-bond donors (Lipinski definition) is 1. The SMILES string of the molecule is Cc1ccccc1C(NC(=O)CCc1ccc(Cl)cc1)c1ccccc1. The smallest absolute Gasteiger partial charge is 0.221 e. The fourth-order valence-corrected chi connectivity index (χ4v) is 3.16. The highest BCUT2D eigenvalue weighted by molar-refractivity contribution is 6.30. The molecule has 0 aliphatic carbocycles. The van der Waals surface area contributed by atoms with Crippen LogP contribution >= 0.6 is 11.6 Å². The highest BCUT2D eigenvalue weighted by Gasteiger charge is 2.18. The highest BCUT2D eigenvalue weighted by atomic mass is 35.5. The van der Waals surface area contributed by atoms with Gasteiger partial charge in [0.25, 0.3) is 0 Å². The first-order valence-electron chi connectivity index (χ1n) is 8.78. The van der Waals surface area contributed by atoms with Gasteiger partial charge in [-0.15, -0.1) is 0 Å². The van der Waals surface area contributed by atoms with Gasteiger partial charge in [0.1, 0.15) is 0 Å². The summed E-state index contributed by atoms with van der Waals surface area (Å²) in [7, 11) is 0. The fraction of sp³-hybridized carbons (Fsp3) is 0.174. The maximum absolute atomic E-state index is 12.6. The van der Waals surface area contributed by atoms with Crippen LogP contribution in [0.1, 0.15) is 34.7 Å². The Morgan fingerprint density at radius 2 is 1.58 bits per heavy atom. The molecule has 0 spiro atoms. The molecule has 2 nitrogen and oxygen atoms in total. The summed E-state index contributed by atoms with van der Waals surface area (Å²) in [5, 5.41) is 3.92. The van der Waals surface area contributed by atoms with Crippen molar-refractivity contribution in [1.29, 1.82) is 0 Å². The molecule has 0 saturated carbocycles. The van der Waals surface area contributed by atoms with Crippen molar-refractivity contribution in [2.75, 3.05) is 0 Å². The van der Waals surface area contributed by atoms with E-state index in [9.17, 15) is 4.79 Å². The van der Waals surface area contributed by atoms with Gasteiger partial charge < -0.3 is 5.32 Å². The molecule has 1 unspecified atom stereocenters. The number of carbonyl (C=O) groups excluding carboxylic acids is 1. The summed E-state index contributed by atoms with van der Waals surface area (Å²) in [6.45, 7) is 2.07. The van der Waals surface area contributed by atoms with Gasteiger partial charge in [-0.1, -0.05) is 78.3 Å². The zero-order valence-electron chi connectivity index (χ0n) is 14.8. The molecule has 26 heavy (non-hydrogen) atoms. The number of halogens is 1. The molecule has 3 heteroatoms. The summed E-state index contributed by atoms with van der Waals surface area (Å²) in [4.78, 5) is 12.6. The fourth-order valence-electron chi connectivity index (χ4n) is 3.04. The van der Waals surface area contributed by atoms with E-state index in [1.54, 1.807) is 0 Å². The Bertz CT molecular complexity index is 859. The second-order valence-corrected chi connectivity index (χ2v) is 6.83. The summed E-state index contributed by atoms with van der Waals surface area (Å²) in [5.41, 5.74) is 4.48. The van der Waals surface area contributed by atoms with Crippen LogP contribution in [0.5, 0.6) is 0 Å². The Balaban J connectivity index is 1.74. The zero-order valence-corrected chi connectivity index (χ0v) is 15.5. The first kappa shape index (κ1) is 18.2. The van der Waals surface area contributed by atoms with Crippen LogP contribution in [0.3, 0.4) is 0 Å². The van der Waals surface area contributed by atoms with Crippen molar-refractivity contribution in [2.45, 2.75) is 25.8 Å². The van der Waals surface area contributed by atoms with E-state index in [-0.39, 0.29) is 11.9 Å². The van der Waals surface area contributed by atoms with Crippen molar-refractivity contribution in [3.8, 4) is 0 Å². The maximum Gasteiger partial charge on any atom is 0.221 e. The second kappa shape index (κ2) is 8.68. The van der Waals surface area contributed by atoms with Gasteiger partial charge in [-0.05, 0) is 47.7 Å². The summed E-state index contributed by atoms with van der Waals surface area (Å²) in [6, 6.07) is 25.8. The van der Waals surface area contributed by atoms with E-state index >= 15 is 0 Å². The lowest BCUT2D eigenvalue weighted by molar-refractivity contribution is -0.121. The molecule has 3 aromatic rings. The number of nitrogens with one attached hydrogen (secondary N) is 1. The average molecular weight is 364 g/mol. The van der Waals surface area contributed by atoms with Crippen LogP contribution in [0.15, 0.2) is 78.9 Å². The Kier molecular flexibility index (Phi) is 6.08. The van der Waals surface area contributed by atoms with E-state index in [0.717, 1.165) is 16.7 Å². The van der Waals surface area contributed by atoms with Crippen LogP contribution in [0.25, 0.3) is 0 Å². The third kappa shape index (κ3) is 4.74. The molecular formula is C23H22ClNO. The maximum atomic E-state index is 12.6. The van der Waals surface area contributed by atoms with Crippen molar-refractivity contribution in [1.82, 2.24) is 5.32 Å². The van der Waals surface area contributed by atoms with Gasteiger partial charge in [0.05, 0.1) is 6.04 Å². The topological polar surface area (TPSA) is 29.1 Å². The molecule has 0 radical (unpaired) electrons. The van der Waals surface area contributed by atoms with E-state index in [4.69, 9.17) is 11.6 Å². The first-order chi connectivity index (χ1) is 12.6. The van der Waals surface area contributed by atoms with Gasteiger partial charge in [0.15, 0.2) is 0 Å². The van der Waals surface area contributed by atoms with Gasteiger partial charge >= 0.3 is 0 Å². The number of hydrogen-bond acceptors (Lipinski definition) is 1. The molecule has 0 aliphatic heterocycles. The van der Waals surface area contributed by atoms with Crippen molar-refractivity contribution in [3.63, 3.8) is 0 Å². The first-order valence-corrected chi connectivity index (χ1v) is 9.15. The molecule has 0 aromatic heterocycles. The van der Waals surface area contributed by atoms with Crippen LogP contribution in [-0.4, -0.2) is 5.91 Å². The van der Waals surface area contributed by atoms with Crippen LogP contribution < -0.4 is 5.32 Å². The second-order valence-electron chi connectivity index (χ2n) is 6.39. The molecule has 1 atom stereocenters. The Morgan fingerprint density at radius 1 is 0.923 bits per heavy atom. The van der Waals surface area contributed by atoms with Crippen molar-refractivity contribution in [3.05, 3.63) is 106 Å². The van der Waals surface area contributed by atoms with E-state index in [0.29, 0.717) is 17.9 Å². The standard InChI is InChI=1S/C23H22ClNO/c1-17-7-5-6-10-21(17)23(19-8-3-2-4-9-19)25-22(26)16-13-18-11-14-20(24)15-12-18/h2-12,14-15,23H,13,16H2,1H3,(H,25,26). The molecule has 0 saturated heterocycles. The van der Waals surface area contributed by atoms with Crippen LogP contribution in [-0.2, 0) is 11.2 Å². The summed E-state index contributed by atoms with van der Waals surface area (Å²) >= 11 is 5.91. The molecule has 1 amide bonds. The van der Waals surface area contributed by atoms with E-state index in [2.05, 4.69) is 36.5 Å². The molecule has 3 rings (SSSR count). The van der Waals surface area contributed by atoms with Gasteiger partial charge in [-0.3, -0.25) is 4.79 Å². The molecule has 0 bridgehead atoms. The summed E-state index contributed by atoms with van der Waals surface area (Å²) in [6.07, 6.45) is 1.13. The predicted octanol–water partition coefficient (Wildman–Crippen LogP) is 5.49. The zero-order chi connectivity index (χ0) is 18.4. The van der Waals surface area contributed by atoms with Crippen LogP contribution in [0, 0.1) is 6.92 Å². The molecule has 132 valence electrons. The van der Waals surface area contributed by atoms with Gasteiger partial charge in [0, 0.05) is 11.4 Å². The third-order valence-electron chi connectivity index (χ3n) is 4.49. The minimum Gasteiger partial charge on any atom is -0.345 e. The van der Waals surface area contributed by atoms with E-state index < -0.39 is 0 Å². The molecule has 0 heterocycles. The van der Waals surface area contributed by atoms with Crippen molar-refractivity contribution < 1.29 is 4.79 Å². The van der Waals surface area contributed by atoms with Gasteiger partial charge in [-0.25, -0.2) is 0 Å². The van der Waals surface area contributed by atoms with Crippen molar-refractivity contribution >= 4 is 17.5 Å². The Hall–Kier alpha value is -2.58. The number of rotatable bonds is 6. The average Bonchev–Trinajstić information content (AvgIpc) is 2.67. The van der Waals surface area contributed by atoms with Crippen LogP contribution in [0.4, 0.5) is 0 Å². The normalized spacial score (nSPS) is 11.8. The molecular weight excluding hydrogens is 342 g/mol. The summed E-state index contributed by atoms with van der Waals surface area (Å²) in [5.74, 6) is 0.0389. The lowest BCUT2D eigenvalue weighted by atomic mass is 9.94. The predicted molar refractivity (Wildman–Crippen MR) is 107 cm³/mol. The highest BCUT2D eigenvalue weighted by Crippen LogP contribution is 2.25. The lowest BCUT2D eigenvalue weighted by Crippen LogP contribution is -2.30. The summed E-state index contributed by atoms with van der Waals surface area (Å²) < 4.78 is 0. The minimum atomic E-state index is -0.143. The number of benzene rings is 3. The minimum absolute atomic E-state index is 0.0389. The Labute approximate surface area is 159 Å². The number of aryl methyl sites for hydroxylation is 2. The lowest BCUT2D eigenvalue weighted by Gasteiger charge is -2.21. The van der Waals surface area contributed by atoms with Gasteiger partial charge in [-0.2, -0.15) is 0 Å². The quantitative estimate of drug-likeness (QED) is 0.616. The van der Waals surface area contributed by atoms with E-state index in [1.165, 1.54) is 5.56 Å². The van der Waals surface area contributed by atoms with Crippen LogP contribution in [0.2, 0.25) is 5.02 Å². The van der Waals surface area contributed by atoms with Crippen molar-refractivity contribution in [2.24, 2.45) is 0 Å². The molecule has 3 aromatic carbocycles. The molecule has 0 aliphatic rings.